The van der Waals surface area contributed by atoms with Gasteiger partial charge in [-0.25, -0.2) is 0 Å². The second-order valence-corrected chi connectivity index (χ2v) is 4.27. The SMILES string of the molecule is O=C1CSC(=O)N1Nc1cccc(Cl)c1. The highest BCUT2D eigenvalue weighted by Crippen LogP contribution is 2.21. The number of halogens is 1. The van der Waals surface area contributed by atoms with Crippen molar-refractivity contribution in [1.29, 1.82) is 0 Å². The molecule has 1 heterocycles. The number of benzene rings is 1. The monoisotopic (exact) mass is 242 g/mol. The summed E-state index contributed by atoms with van der Waals surface area (Å²) in [5.74, 6) is -0.0585. The van der Waals surface area contributed by atoms with E-state index in [9.17, 15) is 9.59 Å². The van der Waals surface area contributed by atoms with Gasteiger partial charge >= 0.3 is 5.24 Å². The maximum absolute atomic E-state index is 11.3. The van der Waals surface area contributed by atoms with Gasteiger partial charge < -0.3 is 0 Å². The Morgan fingerprint density at radius 3 is 2.80 bits per heavy atom. The molecule has 78 valence electrons. The minimum atomic E-state index is -0.292. The van der Waals surface area contributed by atoms with Gasteiger partial charge in [0.15, 0.2) is 0 Å². The molecular formula is C9H7ClN2O2S. The van der Waals surface area contributed by atoms with Crippen LogP contribution < -0.4 is 5.43 Å². The van der Waals surface area contributed by atoms with Gasteiger partial charge in [-0.1, -0.05) is 29.4 Å². The molecule has 0 atom stereocenters. The Kier molecular flexibility index (Phi) is 2.83. The molecule has 2 rings (SSSR count). The lowest BCUT2D eigenvalue weighted by atomic mass is 10.3. The molecule has 0 saturated carbocycles. The molecule has 4 nitrogen and oxygen atoms in total. The fraction of sp³-hybridized carbons (Fsp3) is 0.111. The molecule has 1 aliphatic heterocycles. The molecule has 0 unspecified atom stereocenters. The van der Waals surface area contributed by atoms with Gasteiger partial charge in [0.05, 0.1) is 11.4 Å². The van der Waals surface area contributed by atoms with E-state index in [1.165, 1.54) is 0 Å². The number of carbonyl (C=O) groups is 2. The largest absolute Gasteiger partial charge is 0.307 e. The molecule has 1 saturated heterocycles. The molecule has 1 aromatic rings. The lowest BCUT2D eigenvalue weighted by Crippen LogP contribution is -2.34. The van der Waals surface area contributed by atoms with Gasteiger partial charge in [0.2, 0.25) is 0 Å². The standard InChI is InChI=1S/C9H7ClN2O2S/c10-6-2-1-3-7(4-6)11-12-8(13)5-15-9(12)14/h1-4,11H,5H2. The minimum Gasteiger partial charge on any atom is -0.288 e. The molecule has 0 aliphatic carbocycles. The van der Waals surface area contributed by atoms with Crippen LogP contribution in [0.25, 0.3) is 0 Å². The number of anilines is 1. The van der Waals surface area contributed by atoms with Crippen LogP contribution in [0.1, 0.15) is 0 Å². The van der Waals surface area contributed by atoms with Crippen LogP contribution in [0.5, 0.6) is 0 Å². The smallest absolute Gasteiger partial charge is 0.288 e. The Hall–Kier alpha value is -1.20. The van der Waals surface area contributed by atoms with E-state index >= 15 is 0 Å². The van der Waals surface area contributed by atoms with Crippen LogP contribution >= 0.6 is 23.4 Å². The first-order valence-electron chi connectivity index (χ1n) is 4.19. The second-order valence-electron chi connectivity index (χ2n) is 2.91. The Bertz CT molecular complexity index is 408. The quantitative estimate of drug-likeness (QED) is 0.865. The number of carbonyl (C=O) groups excluding carboxylic acids is 2. The van der Waals surface area contributed by atoms with Gasteiger partial charge in [0.25, 0.3) is 5.91 Å². The van der Waals surface area contributed by atoms with E-state index in [2.05, 4.69) is 5.43 Å². The van der Waals surface area contributed by atoms with Crippen LogP contribution in [-0.4, -0.2) is 21.9 Å². The third-order valence-electron chi connectivity index (χ3n) is 1.82. The van der Waals surface area contributed by atoms with Crippen molar-refractivity contribution >= 4 is 40.2 Å². The van der Waals surface area contributed by atoms with E-state index in [0.717, 1.165) is 16.8 Å². The maximum Gasteiger partial charge on any atom is 0.307 e. The van der Waals surface area contributed by atoms with E-state index in [-0.39, 0.29) is 16.9 Å². The van der Waals surface area contributed by atoms with Gasteiger partial charge in [-0.05, 0) is 18.2 Å². The van der Waals surface area contributed by atoms with Crippen LogP contribution in [0, 0.1) is 0 Å². The van der Waals surface area contributed by atoms with Crippen LogP contribution in [0.4, 0.5) is 10.5 Å². The van der Waals surface area contributed by atoms with E-state index < -0.39 is 0 Å². The third kappa shape index (κ3) is 2.24. The number of hydrogen-bond acceptors (Lipinski definition) is 4. The molecule has 0 spiro atoms. The molecule has 0 aromatic heterocycles. The average molecular weight is 243 g/mol. The number of nitrogens with one attached hydrogen (secondary N) is 1. The zero-order valence-corrected chi connectivity index (χ0v) is 9.14. The molecule has 1 fully saturated rings. The Labute approximate surface area is 95.5 Å². The number of amides is 2. The van der Waals surface area contributed by atoms with Crippen LogP contribution in [0.15, 0.2) is 24.3 Å². The fourth-order valence-corrected chi connectivity index (χ4v) is 1.99. The number of thioether (sulfide) groups is 1. The summed E-state index contributed by atoms with van der Waals surface area (Å²) in [5.41, 5.74) is 3.33. The number of hydrazine groups is 1. The summed E-state index contributed by atoms with van der Waals surface area (Å²) in [4.78, 5) is 22.5. The highest BCUT2D eigenvalue weighted by atomic mass is 35.5. The summed E-state index contributed by atoms with van der Waals surface area (Å²) < 4.78 is 0. The van der Waals surface area contributed by atoms with Crippen molar-refractivity contribution in [2.45, 2.75) is 0 Å². The fourth-order valence-electron chi connectivity index (χ4n) is 1.15. The third-order valence-corrected chi connectivity index (χ3v) is 2.87. The minimum absolute atomic E-state index is 0.187. The molecule has 1 N–H and O–H groups in total. The number of rotatable bonds is 2. The van der Waals surface area contributed by atoms with E-state index in [4.69, 9.17) is 11.6 Å². The van der Waals surface area contributed by atoms with Crippen molar-refractivity contribution in [3.8, 4) is 0 Å². The summed E-state index contributed by atoms with van der Waals surface area (Å²) in [6.45, 7) is 0. The molecule has 6 heteroatoms. The second kappa shape index (κ2) is 4.12. The zero-order chi connectivity index (χ0) is 10.8. The first-order chi connectivity index (χ1) is 7.16. The zero-order valence-electron chi connectivity index (χ0n) is 7.57. The lowest BCUT2D eigenvalue weighted by Gasteiger charge is -2.15. The first kappa shape index (κ1) is 10.3. The van der Waals surface area contributed by atoms with Crippen molar-refractivity contribution < 1.29 is 9.59 Å². The van der Waals surface area contributed by atoms with Crippen molar-refractivity contribution in [3.05, 3.63) is 29.3 Å². The van der Waals surface area contributed by atoms with Crippen molar-refractivity contribution in [3.63, 3.8) is 0 Å². The van der Waals surface area contributed by atoms with E-state index in [0.29, 0.717) is 10.7 Å². The van der Waals surface area contributed by atoms with Gasteiger partial charge in [0.1, 0.15) is 0 Å². The summed E-state index contributed by atoms with van der Waals surface area (Å²) in [6.07, 6.45) is 0. The van der Waals surface area contributed by atoms with Crippen molar-refractivity contribution in [2.24, 2.45) is 0 Å². The summed E-state index contributed by atoms with van der Waals surface area (Å²) in [5, 5.41) is 1.25. The van der Waals surface area contributed by atoms with E-state index in [1.54, 1.807) is 24.3 Å². The van der Waals surface area contributed by atoms with Crippen molar-refractivity contribution in [2.75, 3.05) is 11.2 Å². The Morgan fingerprint density at radius 2 is 2.20 bits per heavy atom. The predicted molar refractivity (Wildman–Crippen MR) is 59.8 cm³/mol. The molecule has 0 bridgehead atoms. The molecule has 1 aliphatic rings. The summed E-state index contributed by atoms with van der Waals surface area (Å²) in [6, 6.07) is 6.83. The Morgan fingerprint density at radius 1 is 1.40 bits per heavy atom. The predicted octanol–water partition coefficient (Wildman–Crippen LogP) is 2.36. The van der Waals surface area contributed by atoms with Crippen molar-refractivity contribution in [1.82, 2.24) is 5.01 Å². The molecule has 0 radical (unpaired) electrons. The Balaban J connectivity index is 2.15. The first-order valence-corrected chi connectivity index (χ1v) is 5.55. The van der Waals surface area contributed by atoms with Gasteiger partial charge in [0, 0.05) is 5.02 Å². The number of nitrogens with zero attached hydrogens (tertiary/aromatic N) is 1. The summed E-state index contributed by atoms with van der Waals surface area (Å²) in [7, 11) is 0. The molecule has 2 amide bonds. The van der Waals surface area contributed by atoms with Crippen LogP contribution in [0.3, 0.4) is 0 Å². The highest BCUT2D eigenvalue weighted by Gasteiger charge is 2.30. The lowest BCUT2D eigenvalue weighted by molar-refractivity contribution is -0.123. The van der Waals surface area contributed by atoms with Crippen LogP contribution in [-0.2, 0) is 4.79 Å². The molecule has 1 aromatic carbocycles. The number of hydrogen-bond donors (Lipinski definition) is 1. The highest BCUT2D eigenvalue weighted by molar-refractivity contribution is 8.14. The van der Waals surface area contributed by atoms with Gasteiger partial charge in [-0.15, -0.1) is 0 Å². The van der Waals surface area contributed by atoms with Gasteiger partial charge in [-0.3, -0.25) is 15.0 Å². The van der Waals surface area contributed by atoms with Gasteiger partial charge in [-0.2, -0.15) is 5.01 Å². The van der Waals surface area contributed by atoms with E-state index in [1.807, 2.05) is 0 Å². The maximum atomic E-state index is 11.3. The van der Waals surface area contributed by atoms with Crippen LogP contribution in [0.2, 0.25) is 5.02 Å². The number of imide groups is 1. The summed E-state index contributed by atoms with van der Waals surface area (Å²) >= 11 is 6.75. The topological polar surface area (TPSA) is 49.4 Å². The molecular weight excluding hydrogens is 236 g/mol. The molecule has 15 heavy (non-hydrogen) atoms. The normalized spacial score (nSPS) is 15.9. The average Bonchev–Trinajstić information content (AvgIpc) is 2.50.